The lowest BCUT2D eigenvalue weighted by atomic mass is 10.0. The number of benzene rings is 1. The van der Waals surface area contributed by atoms with Gasteiger partial charge in [-0.25, -0.2) is 4.99 Å². The van der Waals surface area contributed by atoms with E-state index in [0.29, 0.717) is 18.2 Å². The summed E-state index contributed by atoms with van der Waals surface area (Å²) in [6.07, 6.45) is 3.18. The normalized spacial score (nSPS) is 15.7. The van der Waals surface area contributed by atoms with Crippen LogP contribution < -0.4 is 10.6 Å². The van der Waals surface area contributed by atoms with Gasteiger partial charge in [-0.3, -0.25) is 0 Å². The van der Waals surface area contributed by atoms with E-state index >= 15 is 0 Å². The lowest BCUT2D eigenvalue weighted by Crippen LogP contribution is -2.38. The zero-order valence-corrected chi connectivity index (χ0v) is 17.0. The number of phenolic OH excluding ortho intramolecular Hbond substituents is 1. The van der Waals surface area contributed by atoms with Crippen LogP contribution in [0, 0.1) is 19.8 Å². The molecule has 2 rings (SSSR count). The molecular formula is C21H35N3O3. The van der Waals surface area contributed by atoms with Crippen LogP contribution in [0.2, 0.25) is 0 Å². The first-order chi connectivity index (χ1) is 13.1. The summed E-state index contributed by atoms with van der Waals surface area (Å²) in [5, 5.41) is 16.5. The Morgan fingerprint density at radius 2 is 1.93 bits per heavy atom. The quantitative estimate of drug-likeness (QED) is 0.350. The Morgan fingerprint density at radius 1 is 1.22 bits per heavy atom. The minimum absolute atomic E-state index is 0.369. The van der Waals surface area contributed by atoms with Gasteiger partial charge < -0.3 is 25.2 Å². The molecule has 0 aromatic heterocycles. The maximum atomic E-state index is 9.88. The molecule has 3 N–H and O–H groups in total. The molecular weight excluding hydrogens is 342 g/mol. The zero-order valence-electron chi connectivity index (χ0n) is 17.0. The summed E-state index contributed by atoms with van der Waals surface area (Å²) >= 11 is 0. The van der Waals surface area contributed by atoms with Crippen molar-refractivity contribution in [3.63, 3.8) is 0 Å². The average Bonchev–Trinajstić information content (AvgIpc) is 2.67. The molecule has 1 aliphatic heterocycles. The monoisotopic (exact) mass is 377 g/mol. The van der Waals surface area contributed by atoms with E-state index in [1.807, 2.05) is 26.0 Å². The molecule has 6 nitrogen and oxygen atoms in total. The zero-order chi connectivity index (χ0) is 19.5. The second kappa shape index (κ2) is 11.8. The molecule has 1 heterocycles. The van der Waals surface area contributed by atoms with Crippen molar-refractivity contribution in [2.45, 2.75) is 46.6 Å². The molecule has 0 bridgehead atoms. The Hall–Kier alpha value is -1.79. The number of aromatic hydroxyl groups is 1. The topological polar surface area (TPSA) is 75.1 Å². The summed E-state index contributed by atoms with van der Waals surface area (Å²) in [5.41, 5.74) is 2.87. The first-order valence-corrected chi connectivity index (χ1v) is 10.1. The van der Waals surface area contributed by atoms with Crippen LogP contribution in [-0.4, -0.2) is 50.6 Å². The molecule has 1 aromatic carbocycles. The van der Waals surface area contributed by atoms with E-state index in [1.54, 1.807) is 0 Å². The lowest BCUT2D eigenvalue weighted by molar-refractivity contribution is 0.0203. The SMILES string of the molecule is CCNC(=NCc1cc(C)c(O)c(C)c1)NCCCOCC1CCOCC1. The Bertz CT molecular complexity index is 575. The Morgan fingerprint density at radius 3 is 2.59 bits per heavy atom. The standard InChI is InChI=1S/C21H35N3O3/c1-4-22-21(24-14-19-12-16(2)20(25)17(3)13-19)23-8-5-9-27-15-18-6-10-26-11-7-18/h12-13,18,25H,4-11,14-15H2,1-3H3,(H2,22,23,24). The number of hydrogen-bond acceptors (Lipinski definition) is 4. The van der Waals surface area contributed by atoms with E-state index in [4.69, 9.17) is 9.47 Å². The van der Waals surface area contributed by atoms with Crippen molar-refractivity contribution in [2.75, 3.05) is 39.5 Å². The second-order valence-corrected chi connectivity index (χ2v) is 7.18. The highest BCUT2D eigenvalue weighted by Gasteiger charge is 2.13. The van der Waals surface area contributed by atoms with Crippen LogP contribution in [0.3, 0.4) is 0 Å². The van der Waals surface area contributed by atoms with Gasteiger partial charge in [-0.2, -0.15) is 0 Å². The third kappa shape index (κ3) is 7.77. The fourth-order valence-corrected chi connectivity index (χ4v) is 3.19. The van der Waals surface area contributed by atoms with Crippen molar-refractivity contribution in [1.82, 2.24) is 10.6 Å². The van der Waals surface area contributed by atoms with Crippen LogP contribution in [0.5, 0.6) is 5.75 Å². The van der Waals surface area contributed by atoms with Gasteiger partial charge in [0.15, 0.2) is 5.96 Å². The largest absolute Gasteiger partial charge is 0.507 e. The molecule has 0 unspecified atom stereocenters. The Kier molecular flexibility index (Phi) is 9.42. The third-order valence-corrected chi connectivity index (χ3v) is 4.77. The highest BCUT2D eigenvalue weighted by atomic mass is 16.5. The number of rotatable bonds is 9. The second-order valence-electron chi connectivity index (χ2n) is 7.18. The van der Waals surface area contributed by atoms with Crippen LogP contribution >= 0.6 is 0 Å². The summed E-state index contributed by atoms with van der Waals surface area (Å²) in [6.45, 7) is 11.5. The number of ether oxygens (including phenoxy) is 2. The van der Waals surface area contributed by atoms with Gasteiger partial charge in [-0.15, -0.1) is 0 Å². The summed E-state index contributed by atoms with van der Waals surface area (Å²) in [7, 11) is 0. The van der Waals surface area contributed by atoms with Gasteiger partial charge in [-0.1, -0.05) is 12.1 Å². The first kappa shape index (κ1) is 21.5. The lowest BCUT2D eigenvalue weighted by Gasteiger charge is -2.21. The minimum atomic E-state index is 0.369. The molecule has 0 atom stereocenters. The smallest absolute Gasteiger partial charge is 0.191 e. The third-order valence-electron chi connectivity index (χ3n) is 4.77. The van der Waals surface area contributed by atoms with Gasteiger partial charge in [-0.05, 0) is 62.6 Å². The highest BCUT2D eigenvalue weighted by molar-refractivity contribution is 5.79. The van der Waals surface area contributed by atoms with Gasteiger partial charge >= 0.3 is 0 Å². The van der Waals surface area contributed by atoms with Crippen molar-refractivity contribution in [3.05, 3.63) is 28.8 Å². The van der Waals surface area contributed by atoms with Crippen LogP contribution in [0.15, 0.2) is 17.1 Å². The molecule has 6 heteroatoms. The van der Waals surface area contributed by atoms with Crippen molar-refractivity contribution in [2.24, 2.45) is 10.9 Å². The molecule has 152 valence electrons. The van der Waals surface area contributed by atoms with Gasteiger partial charge in [0.2, 0.25) is 0 Å². The highest BCUT2D eigenvalue weighted by Crippen LogP contribution is 2.23. The molecule has 1 aromatic rings. The predicted molar refractivity (Wildman–Crippen MR) is 109 cm³/mol. The van der Waals surface area contributed by atoms with E-state index in [1.165, 1.54) is 0 Å². The first-order valence-electron chi connectivity index (χ1n) is 10.1. The van der Waals surface area contributed by atoms with Crippen molar-refractivity contribution in [3.8, 4) is 5.75 Å². The number of guanidine groups is 1. The maximum Gasteiger partial charge on any atom is 0.191 e. The summed E-state index contributed by atoms with van der Waals surface area (Å²) < 4.78 is 11.2. The molecule has 0 amide bonds. The fourth-order valence-electron chi connectivity index (χ4n) is 3.19. The molecule has 0 radical (unpaired) electrons. The minimum Gasteiger partial charge on any atom is -0.507 e. The van der Waals surface area contributed by atoms with E-state index < -0.39 is 0 Å². The predicted octanol–water partition coefficient (Wildman–Crippen LogP) is 2.90. The number of phenols is 1. The van der Waals surface area contributed by atoms with Crippen LogP contribution in [0.25, 0.3) is 0 Å². The maximum absolute atomic E-state index is 9.88. The molecule has 1 saturated heterocycles. The molecule has 0 spiro atoms. The van der Waals surface area contributed by atoms with E-state index in [-0.39, 0.29) is 0 Å². The Balaban J connectivity index is 1.70. The summed E-state index contributed by atoms with van der Waals surface area (Å²) in [4.78, 5) is 4.64. The molecule has 27 heavy (non-hydrogen) atoms. The number of nitrogens with zero attached hydrogens (tertiary/aromatic N) is 1. The van der Waals surface area contributed by atoms with Crippen molar-refractivity contribution in [1.29, 1.82) is 0 Å². The van der Waals surface area contributed by atoms with E-state index in [2.05, 4.69) is 22.5 Å². The van der Waals surface area contributed by atoms with Crippen molar-refractivity contribution >= 4 is 5.96 Å². The van der Waals surface area contributed by atoms with Gasteiger partial charge in [0.25, 0.3) is 0 Å². The molecule has 0 saturated carbocycles. The fraction of sp³-hybridized carbons (Fsp3) is 0.667. The van der Waals surface area contributed by atoms with E-state index in [9.17, 15) is 5.11 Å². The number of aryl methyl sites for hydroxylation is 2. The summed E-state index contributed by atoms with van der Waals surface area (Å²) in [5.74, 6) is 1.83. The molecule has 1 fully saturated rings. The number of hydrogen-bond donors (Lipinski definition) is 3. The number of nitrogens with one attached hydrogen (secondary N) is 2. The number of aliphatic imine (C=N–C) groups is 1. The molecule has 0 aliphatic carbocycles. The van der Waals surface area contributed by atoms with Gasteiger partial charge in [0.05, 0.1) is 6.54 Å². The van der Waals surface area contributed by atoms with E-state index in [0.717, 1.165) is 81.4 Å². The van der Waals surface area contributed by atoms with Crippen molar-refractivity contribution < 1.29 is 14.6 Å². The van der Waals surface area contributed by atoms with Gasteiger partial charge in [0.1, 0.15) is 5.75 Å². The molecule has 1 aliphatic rings. The summed E-state index contributed by atoms with van der Waals surface area (Å²) in [6, 6.07) is 3.97. The van der Waals surface area contributed by atoms with Gasteiger partial charge in [0, 0.05) is 39.5 Å². The Labute approximate surface area is 163 Å². The van der Waals surface area contributed by atoms with Crippen LogP contribution in [0.1, 0.15) is 42.9 Å². The average molecular weight is 378 g/mol. The van der Waals surface area contributed by atoms with Crippen LogP contribution in [0.4, 0.5) is 0 Å². The van der Waals surface area contributed by atoms with Crippen LogP contribution in [-0.2, 0) is 16.0 Å².